The van der Waals surface area contributed by atoms with E-state index in [-0.39, 0.29) is 5.92 Å². The Balaban J connectivity index is 1.31. The van der Waals surface area contributed by atoms with Crippen molar-refractivity contribution in [3.63, 3.8) is 0 Å². The van der Waals surface area contributed by atoms with Crippen LogP contribution in [0.4, 0.5) is 5.82 Å². The molecule has 7 nitrogen and oxygen atoms in total. The van der Waals surface area contributed by atoms with Crippen LogP contribution in [0.5, 0.6) is 0 Å². The molecule has 150 valence electrons. The van der Waals surface area contributed by atoms with E-state index in [2.05, 4.69) is 20.9 Å². The lowest BCUT2D eigenvalue weighted by Crippen LogP contribution is -2.52. The van der Waals surface area contributed by atoms with Crippen molar-refractivity contribution in [1.82, 2.24) is 14.8 Å². The molecule has 4 heterocycles. The average Bonchev–Trinajstić information content (AvgIpc) is 2.79. The normalized spacial score (nSPS) is 24.8. The molecule has 0 spiro atoms. The maximum Gasteiger partial charge on any atom is 0.227 e. The van der Waals surface area contributed by atoms with Gasteiger partial charge in [0.1, 0.15) is 17.6 Å². The largest absolute Gasteiger partial charge is 0.378 e. The second-order valence-electron chi connectivity index (χ2n) is 7.98. The van der Waals surface area contributed by atoms with Crippen LogP contribution < -0.4 is 4.90 Å². The van der Waals surface area contributed by atoms with E-state index in [0.717, 1.165) is 70.8 Å². The van der Waals surface area contributed by atoms with Crippen LogP contribution in [0.1, 0.15) is 31.4 Å². The van der Waals surface area contributed by atoms with E-state index >= 15 is 0 Å². The van der Waals surface area contributed by atoms with E-state index in [1.165, 1.54) is 0 Å². The minimum absolute atomic E-state index is 0.138. The van der Waals surface area contributed by atoms with E-state index in [4.69, 9.17) is 10.00 Å². The van der Waals surface area contributed by atoms with Crippen molar-refractivity contribution in [1.29, 1.82) is 5.26 Å². The topological polar surface area (TPSA) is 72.7 Å². The molecular formula is C21H29N5O2. The number of amides is 1. The molecule has 0 bridgehead atoms. The third kappa shape index (κ3) is 4.29. The number of piperidine rings is 2. The minimum Gasteiger partial charge on any atom is -0.378 e. The van der Waals surface area contributed by atoms with Crippen molar-refractivity contribution in [3.8, 4) is 6.07 Å². The first kappa shape index (κ1) is 19.2. The van der Waals surface area contributed by atoms with Crippen molar-refractivity contribution in [2.75, 3.05) is 57.4 Å². The number of likely N-dealkylation sites (tertiary alicyclic amines) is 1. The van der Waals surface area contributed by atoms with Crippen molar-refractivity contribution < 1.29 is 9.53 Å². The fraction of sp³-hybridized carbons (Fsp3) is 0.667. The number of nitriles is 1. The van der Waals surface area contributed by atoms with Gasteiger partial charge in [-0.05, 0) is 44.4 Å². The fourth-order valence-corrected chi connectivity index (χ4v) is 4.70. The van der Waals surface area contributed by atoms with E-state index < -0.39 is 0 Å². The zero-order valence-electron chi connectivity index (χ0n) is 16.4. The van der Waals surface area contributed by atoms with E-state index in [1.807, 2.05) is 17.0 Å². The Morgan fingerprint density at radius 1 is 1.11 bits per heavy atom. The minimum atomic E-state index is 0.138. The highest BCUT2D eigenvalue weighted by molar-refractivity contribution is 5.79. The highest BCUT2D eigenvalue weighted by Crippen LogP contribution is 2.27. The van der Waals surface area contributed by atoms with Crippen LogP contribution >= 0.6 is 0 Å². The first-order valence-electron chi connectivity index (χ1n) is 10.5. The van der Waals surface area contributed by atoms with Crippen LogP contribution in [0.3, 0.4) is 0 Å². The molecule has 0 saturated carbocycles. The standard InChI is InChI=1S/C21H29N5O2/c22-15-18-4-1-5-20(23-18)24-9-6-19(7-10-24)26-8-2-3-17(16-26)21(27)25-11-13-28-14-12-25/h1,4-5,17,19H,2-3,6-14,16H2. The second-order valence-corrected chi connectivity index (χ2v) is 7.98. The zero-order valence-corrected chi connectivity index (χ0v) is 16.4. The van der Waals surface area contributed by atoms with Gasteiger partial charge in [0, 0.05) is 38.8 Å². The summed E-state index contributed by atoms with van der Waals surface area (Å²) in [6, 6.07) is 8.29. The van der Waals surface area contributed by atoms with Gasteiger partial charge in [-0.25, -0.2) is 4.98 Å². The first-order chi connectivity index (χ1) is 13.7. The number of morpholine rings is 1. The quantitative estimate of drug-likeness (QED) is 0.788. The predicted molar refractivity (Wildman–Crippen MR) is 106 cm³/mol. The van der Waals surface area contributed by atoms with Gasteiger partial charge in [0.05, 0.1) is 19.1 Å². The molecule has 1 unspecified atom stereocenters. The summed E-state index contributed by atoms with van der Waals surface area (Å²) in [6.07, 6.45) is 4.27. The molecule has 28 heavy (non-hydrogen) atoms. The number of hydrogen-bond donors (Lipinski definition) is 0. The van der Waals surface area contributed by atoms with Crippen LogP contribution in [0, 0.1) is 17.2 Å². The molecule has 3 saturated heterocycles. The molecule has 7 heteroatoms. The number of carbonyl (C=O) groups is 1. The number of aromatic nitrogens is 1. The number of carbonyl (C=O) groups excluding carboxylic acids is 1. The summed E-state index contributed by atoms with van der Waals surface area (Å²) in [4.78, 5) is 24.1. The summed E-state index contributed by atoms with van der Waals surface area (Å²) >= 11 is 0. The number of rotatable bonds is 3. The van der Waals surface area contributed by atoms with Gasteiger partial charge < -0.3 is 14.5 Å². The predicted octanol–water partition coefficient (Wildman–Crippen LogP) is 1.49. The number of pyridine rings is 1. The van der Waals surface area contributed by atoms with Crippen molar-refractivity contribution in [2.24, 2.45) is 5.92 Å². The van der Waals surface area contributed by atoms with E-state index in [1.54, 1.807) is 6.07 Å². The first-order valence-corrected chi connectivity index (χ1v) is 10.5. The van der Waals surface area contributed by atoms with Gasteiger partial charge in [0.15, 0.2) is 0 Å². The Hall–Kier alpha value is -2.17. The summed E-state index contributed by atoms with van der Waals surface area (Å²) in [5.41, 5.74) is 0.472. The fourth-order valence-electron chi connectivity index (χ4n) is 4.70. The van der Waals surface area contributed by atoms with Crippen molar-refractivity contribution in [3.05, 3.63) is 23.9 Å². The molecule has 3 aliphatic rings. The third-order valence-electron chi connectivity index (χ3n) is 6.28. The van der Waals surface area contributed by atoms with Crippen LogP contribution in [0.2, 0.25) is 0 Å². The third-order valence-corrected chi connectivity index (χ3v) is 6.28. The number of anilines is 1. The monoisotopic (exact) mass is 383 g/mol. The smallest absolute Gasteiger partial charge is 0.227 e. The molecule has 3 aliphatic heterocycles. The maximum atomic E-state index is 12.9. The number of hydrogen-bond acceptors (Lipinski definition) is 6. The van der Waals surface area contributed by atoms with Crippen LogP contribution in [0.15, 0.2) is 18.2 Å². The summed E-state index contributed by atoms with van der Waals surface area (Å²) in [6.45, 7) is 6.70. The summed E-state index contributed by atoms with van der Waals surface area (Å²) in [5, 5.41) is 9.06. The van der Waals surface area contributed by atoms with Crippen LogP contribution in [0.25, 0.3) is 0 Å². The lowest BCUT2D eigenvalue weighted by molar-refractivity contribution is -0.141. The zero-order chi connectivity index (χ0) is 19.3. The lowest BCUT2D eigenvalue weighted by atomic mass is 9.92. The van der Waals surface area contributed by atoms with Gasteiger partial charge >= 0.3 is 0 Å². The Morgan fingerprint density at radius 2 is 1.89 bits per heavy atom. The molecule has 1 aromatic heterocycles. The molecule has 1 atom stereocenters. The molecular weight excluding hydrogens is 354 g/mol. The summed E-state index contributed by atoms with van der Waals surface area (Å²) in [5.74, 6) is 1.36. The van der Waals surface area contributed by atoms with Crippen molar-refractivity contribution in [2.45, 2.75) is 31.7 Å². The van der Waals surface area contributed by atoms with Crippen molar-refractivity contribution >= 4 is 11.7 Å². The molecule has 4 rings (SSSR count). The molecule has 0 aliphatic carbocycles. The van der Waals surface area contributed by atoms with Crippen LogP contribution in [-0.4, -0.2) is 79.2 Å². The Morgan fingerprint density at radius 3 is 2.64 bits per heavy atom. The van der Waals surface area contributed by atoms with Gasteiger partial charge in [-0.2, -0.15) is 5.26 Å². The van der Waals surface area contributed by atoms with Gasteiger partial charge in [0.25, 0.3) is 0 Å². The molecule has 1 aromatic rings. The highest BCUT2D eigenvalue weighted by Gasteiger charge is 2.34. The summed E-state index contributed by atoms with van der Waals surface area (Å²) < 4.78 is 5.38. The van der Waals surface area contributed by atoms with Gasteiger partial charge in [-0.15, -0.1) is 0 Å². The average molecular weight is 383 g/mol. The maximum absolute atomic E-state index is 12.9. The Bertz CT molecular complexity index is 720. The van der Waals surface area contributed by atoms with E-state index in [9.17, 15) is 4.79 Å². The van der Waals surface area contributed by atoms with E-state index in [0.29, 0.717) is 30.9 Å². The molecule has 0 aromatic carbocycles. The van der Waals surface area contributed by atoms with Crippen LogP contribution in [-0.2, 0) is 9.53 Å². The Kier molecular flexibility index (Phi) is 6.08. The SMILES string of the molecule is N#Cc1cccc(N2CCC(N3CCCC(C(=O)N4CCOCC4)C3)CC2)n1. The number of ether oxygens (including phenoxy) is 1. The molecule has 0 N–H and O–H groups in total. The van der Waals surface area contributed by atoms with Gasteiger partial charge in [-0.3, -0.25) is 9.69 Å². The Labute approximate surface area is 166 Å². The van der Waals surface area contributed by atoms with Gasteiger partial charge in [0.2, 0.25) is 5.91 Å². The highest BCUT2D eigenvalue weighted by atomic mass is 16.5. The second kappa shape index (κ2) is 8.89. The molecule has 0 radical (unpaired) electrons. The number of nitrogens with zero attached hydrogens (tertiary/aromatic N) is 5. The summed E-state index contributed by atoms with van der Waals surface area (Å²) in [7, 11) is 0. The molecule has 1 amide bonds. The lowest BCUT2D eigenvalue weighted by Gasteiger charge is -2.43. The van der Waals surface area contributed by atoms with Gasteiger partial charge in [-0.1, -0.05) is 6.07 Å². The molecule has 3 fully saturated rings.